The van der Waals surface area contributed by atoms with Gasteiger partial charge in [-0.3, -0.25) is 4.79 Å². The second-order valence-corrected chi connectivity index (χ2v) is 19.4. The number of rotatable bonds is 23. The second-order valence-electron chi connectivity index (χ2n) is 19.4. The van der Waals surface area contributed by atoms with Crippen molar-refractivity contribution in [1.82, 2.24) is 5.32 Å². The molecule has 0 aromatic carbocycles. The molecule has 446 valence electrons. The summed E-state index contributed by atoms with van der Waals surface area (Å²) in [5, 5.41) is 180. The highest BCUT2D eigenvalue weighted by Gasteiger charge is 2.58. The molecule has 1 amide bonds. The zero-order valence-electron chi connectivity index (χ0n) is 41.8. The van der Waals surface area contributed by atoms with E-state index in [0.29, 0.717) is 25.8 Å². The number of azide groups is 1. The molecule has 30 atom stereocenters. The lowest BCUT2D eigenvalue weighted by atomic mass is 9.94. The van der Waals surface area contributed by atoms with Gasteiger partial charge >= 0.3 is 0 Å². The van der Waals surface area contributed by atoms with Crippen LogP contribution in [0, 0.1) is 0 Å². The summed E-state index contributed by atoms with van der Waals surface area (Å²) in [6.45, 7) is -1.63. The summed E-state index contributed by atoms with van der Waals surface area (Å²) in [6.07, 6.45) is -51.5. The molecule has 0 aromatic heterocycles. The largest absolute Gasteiger partial charge is 0.394 e. The van der Waals surface area contributed by atoms with Crippen LogP contribution in [0.15, 0.2) is 5.11 Å². The molecule has 19 N–H and O–H groups in total. The van der Waals surface area contributed by atoms with Crippen LogP contribution in [-0.4, -0.2) is 318 Å². The molecule has 0 spiro atoms. The molecule has 6 fully saturated rings. The number of ether oxygens (including phenoxy) is 12. The van der Waals surface area contributed by atoms with Crippen LogP contribution in [0.1, 0.15) is 33.1 Å². The Hall–Kier alpha value is -2.38. The van der Waals surface area contributed by atoms with E-state index >= 15 is 0 Å². The van der Waals surface area contributed by atoms with E-state index in [4.69, 9.17) is 68.1 Å². The lowest BCUT2D eigenvalue weighted by molar-refractivity contribution is -0.393. The normalized spacial score (nSPS) is 47.7. The minimum atomic E-state index is -2.22. The number of hydrogen-bond acceptors (Lipinski definition) is 31. The summed E-state index contributed by atoms with van der Waals surface area (Å²) in [5.41, 5.74) is 14.6. The summed E-state index contributed by atoms with van der Waals surface area (Å²) in [6, 6.07) is -1.79. The van der Waals surface area contributed by atoms with Crippen LogP contribution in [-0.2, 0) is 61.6 Å². The highest BCUT2D eigenvalue weighted by molar-refractivity contribution is 5.73. The van der Waals surface area contributed by atoms with Crippen LogP contribution >= 0.6 is 0 Å². The van der Waals surface area contributed by atoms with Gasteiger partial charge in [0.15, 0.2) is 37.7 Å². The number of aliphatic hydroxyl groups is 16. The molecule has 12 unspecified atom stereocenters. The van der Waals surface area contributed by atoms with Crippen LogP contribution in [0.5, 0.6) is 0 Å². The summed E-state index contributed by atoms with van der Waals surface area (Å²) in [4.78, 5) is 15.5. The Balaban J connectivity index is 1.20. The van der Waals surface area contributed by atoms with Gasteiger partial charge in [0.2, 0.25) is 5.91 Å². The zero-order valence-corrected chi connectivity index (χ0v) is 41.8. The van der Waals surface area contributed by atoms with Crippen LogP contribution in [0.3, 0.4) is 0 Å². The Morgan fingerprint density at radius 3 is 1.55 bits per heavy atom. The van der Waals surface area contributed by atoms with Gasteiger partial charge in [-0.15, -0.1) is 0 Å². The molecule has 34 heteroatoms. The maximum atomic E-state index is 12.8. The van der Waals surface area contributed by atoms with Gasteiger partial charge in [0.1, 0.15) is 134 Å². The van der Waals surface area contributed by atoms with Crippen molar-refractivity contribution in [3.63, 3.8) is 0 Å². The standard InChI is InChI=1S/C43H75N5O29/c1-13-21(54)25(58)29(62)40(67-13)77-37-26(59)22(55)16(9-49)71-43(37)75-35-20(47-14(2)53)38(69-17(10-50)23(35)56)76-36-24(57)18(11-51)70-42(32(36)65)74-34-19(12-52)72-41(31(64)28(34)61)73-33-15(8-46-48-45)68-39(30(63)27(33)60)66-7-5-3-4-6-44/h13,15-43,49-52,54-65H,3-12,44H2,1-2H3,(H,47,53)/t13?,15?,16?,17?,18?,19?,20-,21+,22-,23-,24-,25?,26?,27?,28?,29-,30-,31-,32?,33+,34-,35?,36-,37-,38-,39+,40-,41-,42+,43-/m0/s1. The molecule has 6 saturated heterocycles. The number of unbranched alkanes of at least 4 members (excludes halogenated alkanes) is 2. The molecule has 0 bridgehead atoms. The van der Waals surface area contributed by atoms with Crippen LogP contribution < -0.4 is 11.1 Å². The van der Waals surface area contributed by atoms with E-state index in [0.717, 1.165) is 6.92 Å². The first-order chi connectivity index (χ1) is 36.7. The van der Waals surface area contributed by atoms with Gasteiger partial charge in [0.25, 0.3) is 0 Å². The average Bonchev–Trinajstić information content (AvgIpc) is 3.41. The van der Waals surface area contributed by atoms with Gasteiger partial charge in [-0.05, 0) is 38.3 Å². The van der Waals surface area contributed by atoms with E-state index in [-0.39, 0.29) is 6.61 Å². The first-order valence-corrected chi connectivity index (χ1v) is 25.1. The topological polar surface area (TPSA) is 538 Å². The highest BCUT2D eigenvalue weighted by Crippen LogP contribution is 2.37. The molecule has 0 aliphatic carbocycles. The Kier molecular flexibility index (Phi) is 24.1. The Labute approximate surface area is 438 Å². The SMILES string of the molecule is CC(=O)N[C@H]1C(O[C@@H]2OC(CO)[C@H](O)C(O)[C@@H]2O[C@@H]2OC(C)[C@@H](O)C(O)[C@@H]2O)[C@@H](O)C(CO)O[C@H]1O[C@@H]1C(O)[C@@H](O[C@H]2C(CO)O[C@@H](O[C@@H]3C(CN=[N+]=[N-])O[C@@H](OCCCCCN)[C@@H](O)C3O)[C@@H](O)C2O)OC(CO)[C@@H]1O. The van der Waals surface area contributed by atoms with Crippen molar-refractivity contribution in [2.75, 3.05) is 46.1 Å². The summed E-state index contributed by atoms with van der Waals surface area (Å²) >= 11 is 0. The smallest absolute Gasteiger partial charge is 0.217 e. The van der Waals surface area contributed by atoms with Crippen molar-refractivity contribution in [3.8, 4) is 0 Å². The van der Waals surface area contributed by atoms with Gasteiger partial charge in [0, 0.05) is 18.4 Å². The number of nitrogens with two attached hydrogens (primary N) is 1. The third-order valence-corrected chi connectivity index (χ3v) is 14.1. The molecule has 77 heavy (non-hydrogen) atoms. The number of carbonyl (C=O) groups is 1. The fourth-order valence-corrected chi connectivity index (χ4v) is 9.70. The predicted molar refractivity (Wildman–Crippen MR) is 243 cm³/mol. The van der Waals surface area contributed by atoms with E-state index in [1.165, 1.54) is 6.92 Å². The summed E-state index contributed by atoms with van der Waals surface area (Å²) in [5.74, 6) is -0.864. The van der Waals surface area contributed by atoms with Gasteiger partial charge in [-0.1, -0.05) is 5.11 Å². The van der Waals surface area contributed by atoms with Crippen LogP contribution in [0.4, 0.5) is 0 Å². The van der Waals surface area contributed by atoms with Gasteiger partial charge in [0.05, 0.1) is 45.2 Å². The molecular formula is C43H75N5O29. The number of nitrogens with zero attached hydrogens (tertiary/aromatic N) is 3. The fourth-order valence-electron chi connectivity index (χ4n) is 9.70. The molecule has 34 nitrogen and oxygen atoms in total. The Bertz CT molecular complexity index is 1860. The number of nitrogens with one attached hydrogen (secondary N) is 1. The zero-order chi connectivity index (χ0) is 56.6. The first-order valence-electron chi connectivity index (χ1n) is 25.1. The summed E-state index contributed by atoms with van der Waals surface area (Å²) < 4.78 is 69.5. The fraction of sp³-hybridized carbons (Fsp3) is 0.977. The number of hydrogen-bond donors (Lipinski definition) is 18. The van der Waals surface area contributed by atoms with Crippen molar-refractivity contribution in [2.45, 2.75) is 217 Å². The van der Waals surface area contributed by atoms with Crippen LogP contribution in [0.2, 0.25) is 0 Å². The third kappa shape index (κ3) is 14.6. The lowest BCUT2D eigenvalue weighted by Crippen LogP contribution is -2.70. The minimum Gasteiger partial charge on any atom is -0.394 e. The van der Waals surface area contributed by atoms with Gasteiger partial charge < -0.3 is 150 Å². The number of amides is 1. The maximum Gasteiger partial charge on any atom is 0.217 e. The predicted octanol–water partition coefficient (Wildman–Crippen LogP) is -10.5. The number of aliphatic hydroxyl groups excluding tert-OH is 16. The molecular weight excluding hydrogens is 1050 g/mol. The maximum absolute atomic E-state index is 12.8. The van der Waals surface area contributed by atoms with E-state index in [1.54, 1.807) is 0 Å². The molecule has 0 saturated carbocycles. The van der Waals surface area contributed by atoms with Crippen molar-refractivity contribution >= 4 is 5.91 Å². The van der Waals surface area contributed by atoms with Crippen molar-refractivity contribution in [2.24, 2.45) is 10.8 Å². The molecule has 0 aromatic rings. The molecule has 0 radical (unpaired) electrons. The van der Waals surface area contributed by atoms with Crippen molar-refractivity contribution in [3.05, 3.63) is 10.4 Å². The van der Waals surface area contributed by atoms with E-state index < -0.39 is 223 Å². The average molecular weight is 1130 g/mol. The quantitative estimate of drug-likeness (QED) is 0.0195. The minimum absolute atomic E-state index is 0.0936. The second kappa shape index (κ2) is 29.0. The van der Waals surface area contributed by atoms with E-state index in [9.17, 15) is 86.5 Å². The molecule has 6 aliphatic rings. The summed E-state index contributed by atoms with van der Waals surface area (Å²) in [7, 11) is 0. The highest BCUT2D eigenvalue weighted by atomic mass is 16.8. The molecule has 6 aliphatic heterocycles. The molecule has 6 heterocycles. The van der Waals surface area contributed by atoms with Crippen molar-refractivity contribution < 1.29 is 143 Å². The first kappa shape index (κ1) is 63.8. The van der Waals surface area contributed by atoms with Gasteiger partial charge in [-0.25, -0.2) is 0 Å². The van der Waals surface area contributed by atoms with Gasteiger partial charge in [-0.2, -0.15) is 0 Å². The Morgan fingerprint density at radius 1 is 0.494 bits per heavy atom. The lowest BCUT2D eigenvalue weighted by Gasteiger charge is -2.51. The van der Waals surface area contributed by atoms with Crippen molar-refractivity contribution in [1.29, 1.82) is 0 Å². The van der Waals surface area contributed by atoms with Crippen LogP contribution in [0.25, 0.3) is 10.4 Å². The van der Waals surface area contributed by atoms with E-state index in [2.05, 4.69) is 15.3 Å². The molecule has 6 rings (SSSR count). The number of carbonyl (C=O) groups excluding carboxylic acids is 1. The third-order valence-electron chi connectivity index (χ3n) is 14.1. The monoisotopic (exact) mass is 1130 g/mol. The van der Waals surface area contributed by atoms with E-state index in [1.807, 2.05) is 0 Å². The Morgan fingerprint density at radius 2 is 0.948 bits per heavy atom.